The third-order valence-electron chi connectivity index (χ3n) is 4.57. The van der Waals surface area contributed by atoms with Crippen LogP contribution in [0.3, 0.4) is 0 Å². The quantitative estimate of drug-likeness (QED) is 0.330. The van der Waals surface area contributed by atoms with E-state index in [0.29, 0.717) is 0 Å². The largest absolute Gasteiger partial charge is 0.383 e. The van der Waals surface area contributed by atoms with Gasteiger partial charge in [-0.2, -0.15) is 0 Å². The highest BCUT2D eigenvalue weighted by molar-refractivity contribution is 6.31. The minimum Gasteiger partial charge on any atom is -0.383 e. The summed E-state index contributed by atoms with van der Waals surface area (Å²) >= 11 is 6.11. The van der Waals surface area contributed by atoms with Crippen LogP contribution in [0.25, 0.3) is 0 Å². The van der Waals surface area contributed by atoms with Gasteiger partial charge in [-0.05, 0) is 45.9 Å². The van der Waals surface area contributed by atoms with Crippen LogP contribution in [0.2, 0.25) is 0 Å². The molecule has 0 bridgehead atoms. The van der Waals surface area contributed by atoms with E-state index in [2.05, 4.69) is 28.8 Å². The number of aliphatic imine (C=N–C) groups is 1. The number of rotatable bonds is 9. The molecule has 154 valence electrons. The lowest BCUT2D eigenvalue weighted by molar-refractivity contribution is 0.0506. The van der Waals surface area contributed by atoms with Crippen LogP contribution in [0.15, 0.2) is 40.0 Å². The first-order chi connectivity index (χ1) is 13.0. The third kappa shape index (κ3) is 9.06. The fourth-order valence-corrected chi connectivity index (χ4v) is 3.09. The van der Waals surface area contributed by atoms with Crippen molar-refractivity contribution in [3.8, 4) is 0 Å². The van der Waals surface area contributed by atoms with Crippen LogP contribution < -0.4 is 0 Å². The van der Waals surface area contributed by atoms with Crippen molar-refractivity contribution in [2.24, 2.45) is 4.99 Å². The van der Waals surface area contributed by atoms with Crippen molar-refractivity contribution in [1.29, 1.82) is 0 Å². The van der Waals surface area contributed by atoms with Crippen molar-refractivity contribution < 1.29 is 4.74 Å². The van der Waals surface area contributed by atoms with Gasteiger partial charge in [-0.25, -0.2) is 10.0 Å². The Kier molecular flexibility index (Phi) is 12.3. The SMILES string of the molecule is CC/C(=N/C=C/C=C\C(Cl)=C(C)C)N(CC)N1CCCN(CCOC)CC1. The fraction of sp³-hybridized carbons (Fsp3) is 0.667. The molecular weight excluding hydrogens is 360 g/mol. The Morgan fingerprint density at radius 2 is 1.93 bits per heavy atom. The van der Waals surface area contributed by atoms with Crippen LogP contribution >= 0.6 is 11.6 Å². The Morgan fingerprint density at radius 1 is 1.15 bits per heavy atom. The number of allylic oxidation sites excluding steroid dienone is 5. The van der Waals surface area contributed by atoms with Crippen LogP contribution in [0.1, 0.15) is 40.5 Å². The summed E-state index contributed by atoms with van der Waals surface area (Å²) < 4.78 is 5.22. The van der Waals surface area contributed by atoms with Crippen LogP contribution in [0.5, 0.6) is 0 Å². The lowest BCUT2D eigenvalue weighted by Crippen LogP contribution is -2.48. The zero-order valence-electron chi connectivity index (χ0n) is 17.7. The second-order valence-electron chi connectivity index (χ2n) is 6.80. The molecule has 0 saturated carbocycles. The van der Waals surface area contributed by atoms with Crippen LogP contribution in [0.4, 0.5) is 0 Å². The van der Waals surface area contributed by atoms with Gasteiger partial charge in [-0.15, -0.1) is 0 Å². The van der Waals surface area contributed by atoms with E-state index in [1.807, 2.05) is 38.3 Å². The molecule has 27 heavy (non-hydrogen) atoms. The molecule has 5 nitrogen and oxygen atoms in total. The average Bonchev–Trinajstić information content (AvgIpc) is 2.90. The zero-order valence-corrected chi connectivity index (χ0v) is 18.5. The molecule has 1 rings (SSSR count). The van der Waals surface area contributed by atoms with Gasteiger partial charge in [0.15, 0.2) is 0 Å². The molecule has 0 aromatic rings. The predicted octanol–water partition coefficient (Wildman–Crippen LogP) is 4.29. The molecule has 0 spiro atoms. The summed E-state index contributed by atoms with van der Waals surface area (Å²) in [6.45, 7) is 15.4. The number of nitrogens with zero attached hydrogens (tertiary/aromatic N) is 4. The molecule has 1 aliphatic heterocycles. The van der Waals surface area contributed by atoms with Gasteiger partial charge in [-0.3, -0.25) is 9.91 Å². The molecule has 0 N–H and O–H groups in total. The molecule has 6 heteroatoms. The van der Waals surface area contributed by atoms with Crippen molar-refractivity contribution in [2.75, 3.05) is 53.0 Å². The molecule has 0 radical (unpaired) electrons. The first kappa shape index (κ1) is 23.9. The van der Waals surface area contributed by atoms with Crippen LogP contribution in [-0.2, 0) is 4.74 Å². The first-order valence-electron chi connectivity index (χ1n) is 10.00. The fourth-order valence-electron chi connectivity index (χ4n) is 3.01. The summed E-state index contributed by atoms with van der Waals surface area (Å²) in [6, 6.07) is 0. The Balaban J connectivity index is 2.71. The van der Waals surface area contributed by atoms with Crippen molar-refractivity contribution in [2.45, 2.75) is 40.5 Å². The number of halogens is 1. The van der Waals surface area contributed by atoms with Gasteiger partial charge < -0.3 is 4.74 Å². The van der Waals surface area contributed by atoms with Crippen molar-refractivity contribution in [1.82, 2.24) is 14.9 Å². The number of hydrogen-bond donors (Lipinski definition) is 0. The summed E-state index contributed by atoms with van der Waals surface area (Å²) in [5.41, 5.74) is 1.11. The number of hydrazine groups is 1. The summed E-state index contributed by atoms with van der Waals surface area (Å²) in [7, 11) is 1.77. The summed E-state index contributed by atoms with van der Waals surface area (Å²) in [5, 5.41) is 5.55. The molecule has 0 atom stereocenters. The molecule has 1 saturated heterocycles. The van der Waals surface area contributed by atoms with Gasteiger partial charge >= 0.3 is 0 Å². The van der Waals surface area contributed by atoms with Crippen molar-refractivity contribution in [3.05, 3.63) is 35.0 Å². The summed E-state index contributed by atoms with van der Waals surface area (Å²) in [4.78, 5) is 7.19. The van der Waals surface area contributed by atoms with E-state index in [0.717, 1.165) is 75.2 Å². The predicted molar refractivity (Wildman–Crippen MR) is 117 cm³/mol. The molecule has 0 aromatic carbocycles. The molecule has 0 aromatic heterocycles. The highest BCUT2D eigenvalue weighted by atomic mass is 35.5. The lowest BCUT2D eigenvalue weighted by Gasteiger charge is -2.35. The molecular formula is C21H37ClN4O. The molecule has 1 fully saturated rings. The Morgan fingerprint density at radius 3 is 2.56 bits per heavy atom. The second-order valence-corrected chi connectivity index (χ2v) is 7.21. The smallest absolute Gasteiger partial charge is 0.118 e. The maximum atomic E-state index is 6.11. The maximum Gasteiger partial charge on any atom is 0.118 e. The van der Waals surface area contributed by atoms with E-state index in [-0.39, 0.29) is 0 Å². The van der Waals surface area contributed by atoms with Gasteiger partial charge in [0.05, 0.1) is 6.61 Å². The maximum absolute atomic E-state index is 6.11. The molecule has 0 unspecified atom stereocenters. The number of hydrogen-bond acceptors (Lipinski definition) is 4. The van der Waals surface area contributed by atoms with Crippen LogP contribution in [0, 0.1) is 0 Å². The third-order valence-corrected chi connectivity index (χ3v) is 5.08. The highest BCUT2D eigenvalue weighted by Gasteiger charge is 2.20. The highest BCUT2D eigenvalue weighted by Crippen LogP contribution is 2.11. The van der Waals surface area contributed by atoms with Gasteiger partial charge in [0, 0.05) is 57.5 Å². The monoisotopic (exact) mass is 396 g/mol. The molecule has 1 heterocycles. The van der Waals surface area contributed by atoms with E-state index in [9.17, 15) is 0 Å². The average molecular weight is 397 g/mol. The van der Waals surface area contributed by atoms with Crippen LogP contribution in [-0.4, -0.2) is 73.7 Å². The second kappa shape index (κ2) is 13.9. The van der Waals surface area contributed by atoms with Gasteiger partial charge in [0.25, 0.3) is 0 Å². The van der Waals surface area contributed by atoms with E-state index >= 15 is 0 Å². The minimum atomic E-state index is 0.775. The number of methoxy groups -OCH3 is 1. The first-order valence-corrected chi connectivity index (χ1v) is 10.4. The summed E-state index contributed by atoms with van der Waals surface area (Å²) in [5.74, 6) is 1.10. The van der Waals surface area contributed by atoms with E-state index in [1.165, 1.54) is 0 Å². The Hall–Kier alpha value is -1.14. The normalized spacial score (nSPS) is 17.6. The molecule has 1 aliphatic rings. The lowest BCUT2D eigenvalue weighted by atomic mass is 10.3. The molecule has 0 amide bonds. The Labute approximate surface area is 171 Å². The van der Waals surface area contributed by atoms with Crippen molar-refractivity contribution >= 4 is 17.4 Å². The number of ether oxygens (including phenoxy) is 1. The summed E-state index contributed by atoms with van der Waals surface area (Å²) in [6.07, 6.45) is 9.69. The van der Waals surface area contributed by atoms with E-state index < -0.39 is 0 Å². The zero-order chi connectivity index (χ0) is 20.1. The molecule has 0 aliphatic carbocycles. The minimum absolute atomic E-state index is 0.775. The number of amidine groups is 1. The topological polar surface area (TPSA) is 31.3 Å². The Bertz CT molecular complexity index is 538. The van der Waals surface area contributed by atoms with E-state index in [4.69, 9.17) is 21.3 Å². The van der Waals surface area contributed by atoms with E-state index in [1.54, 1.807) is 7.11 Å². The van der Waals surface area contributed by atoms with Gasteiger partial charge in [-0.1, -0.05) is 30.2 Å². The van der Waals surface area contributed by atoms with Crippen molar-refractivity contribution in [3.63, 3.8) is 0 Å². The standard InChI is InChI=1S/C21H37ClN4O/c1-6-21(23-12-9-8-11-20(22)19(3)4)26(7-2)25-14-10-13-24(15-16-25)17-18-27-5/h8-9,11-12H,6-7,10,13-18H2,1-5H3/b11-8-,12-9+,23-21-. The van der Waals surface area contributed by atoms with Gasteiger partial charge in [0.1, 0.15) is 5.84 Å². The van der Waals surface area contributed by atoms with Gasteiger partial charge in [0.2, 0.25) is 0 Å².